The number of benzene rings is 10. The summed E-state index contributed by atoms with van der Waals surface area (Å²) in [5, 5.41) is 4.91. The van der Waals surface area contributed by atoms with E-state index >= 15 is 0 Å². The molecule has 0 spiro atoms. The third-order valence-corrected chi connectivity index (χ3v) is 15.7. The molecule has 0 atom stereocenters. The van der Waals surface area contributed by atoms with Gasteiger partial charge in [0.2, 0.25) is 0 Å². The molecule has 0 fully saturated rings. The lowest BCUT2D eigenvalue weighted by Gasteiger charge is -2.44. The summed E-state index contributed by atoms with van der Waals surface area (Å²) in [5.41, 5.74) is 22.3. The van der Waals surface area contributed by atoms with Crippen LogP contribution in [0.25, 0.3) is 66.1 Å². The molecule has 2 aliphatic heterocycles. The molecule has 0 bridgehead atoms. The van der Waals surface area contributed by atoms with Gasteiger partial charge < -0.3 is 9.80 Å². The fraction of sp³-hybridized carbons (Fsp3) is 0.118. The summed E-state index contributed by atoms with van der Waals surface area (Å²) in [6, 6.07) is 81.6. The molecule has 0 amide bonds. The first kappa shape index (κ1) is 41.9. The number of rotatable bonds is 6. The van der Waals surface area contributed by atoms with Crippen molar-refractivity contribution in [2.75, 3.05) is 9.80 Å². The molecule has 336 valence electrons. The minimum absolute atomic E-state index is 0.111. The van der Waals surface area contributed by atoms with Crippen LogP contribution in [0.3, 0.4) is 0 Å². The largest absolute Gasteiger partial charge is 0.314 e. The van der Waals surface area contributed by atoms with Crippen molar-refractivity contribution in [1.29, 1.82) is 0 Å². The van der Waals surface area contributed by atoms with Gasteiger partial charge in [0.15, 0.2) is 0 Å². The number of nitrogens with zero attached hydrogens (tertiary/aromatic N) is 2. The maximum Gasteiger partial charge on any atom is 0.0502 e. The van der Waals surface area contributed by atoms with Gasteiger partial charge in [-0.3, -0.25) is 0 Å². The fourth-order valence-corrected chi connectivity index (χ4v) is 12.2. The number of hydrogen-bond donors (Lipinski definition) is 0. The van der Waals surface area contributed by atoms with Gasteiger partial charge in [-0.15, -0.1) is 0 Å². The van der Waals surface area contributed by atoms with Crippen LogP contribution in [0.2, 0.25) is 0 Å². The van der Waals surface area contributed by atoms with Crippen LogP contribution in [-0.4, -0.2) is 0 Å². The topological polar surface area (TPSA) is 6.48 Å². The number of para-hydroxylation sites is 3. The van der Waals surface area contributed by atoms with Crippen LogP contribution >= 0.6 is 0 Å². The first-order valence-electron chi connectivity index (χ1n) is 24.9. The minimum atomic E-state index is -0.158. The second-order valence-corrected chi connectivity index (χ2v) is 20.4. The normalized spacial score (nSPS) is 15.4. The average molecular weight is 899 g/mol. The molecule has 13 rings (SSSR count). The molecule has 1 aliphatic carbocycles. The van der Waals surface area contributed by atoms with Crippen LogP contribution in [0, 0.1) is 0 Å². The highest BCUT2D eigenvalue weighted by Crippen LogP contribution is 2.55. The number of fused-ring (bicyclic) bond motifs is 5. The second kappa shape index (κ2) is 16.2. The van der Waals surface area contributed by atoms with Gasteiger partial charge in [0.1, 0.15) is 0 Å². The predicted molar refractivity (Wildman–Crippen MR) is 297 cm³/mol. The van der Waals surface area contributed by atoms with E-state index in [1.165, 1.54) is 117 Å². The van der Waals surface area contributed by atoms with Crippen molar-refractivity contribution in [2.45, 2.75) is 51.4 Å². The Kier molecular flexibility index (Phi) is 9.72. The first-order valence-corrected chi connectivity index (χ1v) is 24.9. The van der Waals surface area contributed by atoms with E-state index in [4.69, 9.17) is 0 Å². The van der Waals surface area contributed by atoms with Crippen LogP contribution in [-0.2, 0) is 10.8 Å². The molecule has 0 aromatic heterocycles. The number of anilines is 5. The first-order chi connectivity index (χ1) is 34.3. The highest BCUT2D eigenvalue weighted by atomic mass is 15.2. The smallest absolute Gasteiger partial charge is 0.0502 e. The molecule has 0 N–H and O–H groups in total. The molecule has 0 radical (unpaired) electrons. The Balaban J connectivity index is 1.11. The van der Waals surface area contributed by atoms with Crippen LogP contribution in [0.1, 0.15) is 57.2 Å². The van der Waals surface area contributed by atoms with Gasteiger partial charge in [-0.25, -0.2) is 0 Å². The zero-order chi connectivity index (χ0) is 47.1. The standard InChI is InChI=1S/C68H54N2/c1-67(2)57-23-11-15-27-61(57)69(62-28-16-12-24-58(62)67)51-39-41-53-55(43-51)65(49-35-31-47(32-36-49)45-19-7-5-8-20-45)54-42-40-52(44-56(54)66(53)50-37-33-48(34-38-50)46-21-9-6-10-22-46)70-63-29-17-13-25-59(63)68(3,4)60-26-14-18-30-64(60)70/h5-17,19-29,31-44H,18,30H2,1-4H3. The Morgan fingerprint density at radius 3 is 1.21 bits per heavy atom. The van der Waals surface area contributed by atoms with E-state index in [9.17, 15) is 0 Å². The van der Waals surface area contributed by atoms with Crippen molar-refractivity contribution >= 4 is 50.0 Å². The molecule has 3 aliphatic rings. The van der Waals surface area contributed by atoms with E-state index in [1.54, 1.807) is 0 Å². The van der Waals surface area contributed by atoms with Crippen molar-refractivity contribution in [1.82, 2.24) is 0 Å². The third-order valence-electron chi connectivity index (χ3n) is 15.7. The number of hydrogen-bond acceptors (Lipinski definition) is 2. The lowest BCUT2D eigenvalue weighted by molar-refractivity contribution is 0.603. The van der Waals surface area contributed by atoms with Crippen LogP contribution in [0.15, 0.2) is 242 Å². The van der Waals surface area contributed by atoms with Gasteiger partial charge in [-0.2, -0.15) is 0 Å². The van der Waals surface area contributed by atoms with E-state index in [-0.39, 0.29) is 10.8 Å². The lowest BCUT2D eigenvalue weighted by atomic mass is 9.71. The van der Waals surface area contributed by atoms with Gasteiger partial charge in [0.05, 0.1) is 11.4 Å². The van der Waals surface area contributed by atoms with Gasteiger partial charge >= 0.3 is 0 Å². The summed E-state index contributed by atoms with van der Waals surface area (Å²) >= 11 is 0. The van der Waals surface area contributed by atoms with Crippen LogP contribution in [0.4, 0.5) is 28.4 Å². The van der Waals surface area contributed by atoms with Gasteiger partial charge in [-0.05, 0) is 144 Å². The van der Waals surface area contributed by atoms with Gasteiger partial charge in [-0.1, -0.05) is 216 Å². The molecule has 2 heteroatoms. The van der Waals surface area contributed by atoms with E-state index in [2.05, 4.69) is 268 Å². The average Bonchev–Trinajstić information content (AvgIpc) is 3.41. The molecule has 2 nitrogen and oxygen atoms in total. The highest BCUT2D eigenvalue weighted by molar-refractivity contribution is 6.23. The summed E-state index contributed by atoms with van der Waals surface area (Å²) in [4.78, 5) is 5.08. The van der Waals surface area contributed by atoms with Gasteiger partial charge in [0, 0.05) is 33.6 Å². The van der Waals surface area contributed by atoms with E-state index in [0.717, 1.165) is 18.5 Å². The molecule has 10 aromatic rings. The molecular formula is C68H54N2. The Morgan fingerprint density at radius 2 is 0.729 bits per heavy atom. The molecule has 0 unspecified atom stereocenters. The quantitative estimate of drug-likeness (QED) is 0.153. The monoisotopic (exact) mass is 898 g/mol. The second-order valence-electron chi connectivity index (χ2n) is 20.4. The fourth-order valence-electron chi connectivity index (χ4n) is 12.2. The predicted octanol–water partition coefficient (Wildman–Crippen LogP) is 18.8. The maximum atomic E-state index is 2.58. The summed E-state index contributed by atoms with van der Waals surface area (Å²) in [5.74, 6) is 0. The summed E-state index contributed by atoms with van der Waals surface area (Å²) in [6.45, 7) is 9.51. The Labute approximate surface area is 412 Å². The Hall–Kier alpha value is -8.20. The zero-order valence-electron chi connectivity index (χ0n) is 40.2. The maximum absolute atomic E-state index is 2.58. The van der Waals surface area contributed by atoms with Crippen molar-refractivity contribution in [2.24, 2.45) is 0 Å². The summed E-state index contributed by atoms with van der Waals surface area (Å²) in [7, 11) is 0. The number of allylic oxidation sites excluding steroid dienone is 4. The molecule has 70 heavy (non-hydrogen) atoms. The lowest BCUT2D eigenvalue weighted by Crippen LogP contribution is -2.34. The SMILES string of the molecule is CC1(C)C2=C(CCC=C2)N(c2ccc3c(-c4ccc(-c5ccccc5)cc4)c4cc(N5c6ccccc6C(C)(C)c6ccccc65)ccc4c(-c4ccc(-c5ccccc5)cc4)c3c2)c2ccccc21. The summed E-state index contributed by atoms with van der Waals surface area (Å²) < 4.78 is 0. The molecule has 0 saturated carbocycles. The minimum Gasteiger partial charge on any atom is -0.314 e. The molecule has 0 saturated heterocycles. The molecule has 2 heterocycles. The highest BCUT2D eigenvalue weighted by Gasteiger charge is 2.39. The Morgan fingerprint density at radius 1 is 0.343 bits per heavy atom. The van der Waals surface area contributed by atoms with E-state index < -0.39 is 0 Å². The zero-order valence-corrected chi connectivity index (χ0v) is 40.2. The van der Waals surface area contributed by atoms with Gasteiger partial charge in [0.25, 0.3) is 0 Å². The van der Waals surface area contributed by atoms with Crippen molar-refractivity contribution < 1.29 is 0 Å². The van der Waals surface area contributed by atoms with Crippen molar-refractivity contribution in [3.8, 4) is 44.5 Å². The third kappa shape index (κ3) is 6.54. The van der Waals surface area contributed by atoms with Crippen LogP contribution in [0.5, 0.6) is 0 Å². The summed E-state index contributed by atoms with van der Waals surface area (Å²) in [6.07, 6.45) is 6.78. The molecule has 10 aromatic carbocycles. The van der Waals surface area contributed by atoms with Crippen molar-refractivity contribution in [3.63, 3.8) is 0 Å². The van der Waals surface area contributed by atoms with E-state index in [0.29, 0.717) is 0 Å². The van der Waals surface area contributed by atoms with Crippen molar-refractivity contribution in [3.05, 3.63) is 259 Å². The Bertz CT molecular complexity index is 3690. The van der Waals surface area contributed by atoms with Crippen LogP contribution < -0.4 is 9.80 Å². The van der Waals surface area contributed by atoms with E-state index in [1.807, 2.05) is 0 Å². The molecular weight excluding hydrogens is 845 g/mol.